The van der Waals surface area contributed by atoms with Crippen molar-refractivity contribution in [2.24, 2.45) is 15.2 Å². The summed E-state index contributed by atoms with van der Waals surface area (Å²) in [5.41, 5.74) is 1.87. The Morgan fingerprint density at radius 3 is 2.35 bits per heavy atom. The smallest absolute Gasteiger partial charge is 0.416 e. The second kappa shape index (κ2) is 9.65. The lowest BCUT2D eigenvalue weighted by Crippen LogP contribution is -2.03. The molecule has 0 fully saturated rings. The van der Waals surface area contributed by atoms with Gasteiger partial charge in [-0.1, -0.05) is 12.1 Å². The molecule has 0 aliphatic rings. The zero-order valence-corrected chi connectivity index (χ0v) is 18.8. The molecule has 37 heavy (non-hydrogen) atoms. The van der Waals surface area contributed by atoms with Gasteiger partial charge in [-0.15, -0.1) is 0 Å². The summed E-state index contributed by atoms with van der Waals surface area (Å²) in [5, 5.41) is 18.0. The molecule has 1 heterocycles. The third kappa shape index (κ3) is 5.53. The molecular formula is C27H16F4N4O2. The second-order valence-corrected chi connectivity index (χ2v) is 7.93. The molecule has 0 spiro atoms. The van der Waals surface area contributed by atoms with Crippen LogP contribution in [0.15, 0.2) is 105 Å². The Hall–Kier alpha value is -4.86. The number of phenolic OH excluding ortho intramolecular Hbond substituents is 1. The Balaban J connectivity index is 1.37. The van der Waals surface area contributed by atoms with Crippen LogP contribution in [0.3, 0.4) is 0 Å². The van der Waals surface area contributed by atoms with Gasteiger partial charge in [-0.05, 0) is 72.8 Å². The van der Waals surface area contributed by atoms with E-state index in [4.69, 9.17) is 4.42 Å². The van der Waals surface area contributed by atoms with Crippen molar-refractivity contribution in [3.05, 3.63) is 102 Å². The lowest BCUT2D eigenvalue weighted by molar-refractivity contribution is -0.137. The van der Waals surface area contributed by atoms with Crippen LogP contribution < -0.4 is 0 Å². The average molecular weight is 504 g/mol. The van der Waals surface area contributed by atoms with Crippen LogP contribution in [0.1, 0.15) is 11.1 Å². The minimum atomic E-state index is -4.48. The van der Waals surface area contributed by atoms with Crippen molar-refractivity contribution in [3.63, 3.8) is 0 Å². The number of phenols is 1. The van der Waals surface area contributed by atoms with Crippen LogP contribution in [-0.2, 0) is 6.18 Å². The van der Waals surface area contributed by atoms with Crippen molar-refractivity contribution in [3.8, 4) is 17.2 Å². The standard InChI is InChI=1S/C27H16F4N4O2/c28-19-5-1-3-16(11-19)26-33-23-14-20(8-10-25(23)37-26)32-15-17-12-22(7-9-24(17)36)35-34-21-6-2-4-18(13-21)27(29,30)31/h1-15,36H. The zero-order chi connectivity index (χ0) is 26.0. The van der Waals surface area contributed by atoms with Crippen LogP contribution in [0, 0.1) is 5.82 Å². The second-order valence-electron chi connectivity index (χ2n) is 7.93. The van der Waals surface area contributed by atoms with Gasteiger partial charge >= 0.3 is 6.18 Å². The minimum Gasteiger partial charge on any atom is -0.507 e. The molecule has 0 unspecified atom stereocenters. The monoisotopic (exact) mass is 504 g/mol. The number of azo groups is 1. The highest BCUT2D eigenvalue weighted by molar-refractivity contribution is 5.88. The van der Waals surface area contributed by atoms with Gasteiger partial charge in [-0.3, -0.25) is 4.99 Å². The summed E-state index contributed by atoms with van der Waals surface area (Å²) in [4.78, 5) is 8.75. The molecule has 0 radical (unpaired) electrons. The summed E-state index contributed by atoms with van der Waals surface area (Å²) >= 11 is 0. The molecule has 0 saturated carbocycles. The van der Waals surface area contributed by atoms with Gasteiger partial charge in [-0.25, -0.2) is 9.37 Å². The molecule has 1 aromatic heterocycles. The van der Waals surface area contributed by atoms with Gasteiger partial charge in [0.25, 0.3) is 0 Å². The summed E-state index contributed by atoms with van der Waals surface area (Å²) < 4.78 is 57.9. The SMILES string of the molecule is Oc1ccc(N=Nc2cccc(C(F)(F)F)c2)cc1C=Nc1ccc2oc(-c3cccc(F)c3)nc2c1. The molecule has 0 saturated heterocycles. The first-order valence-electron chi connectivity index (χ1n) is 10.9. The summed E-state index contributed by atoms with van der Waals surface area (Å²) in [6.45, 7) is 0. The molecule has 6 nitrogen and oxygen atoms in total. The maximum atomic E-state index is 13.5. The van der Waals surface area contributed by atoms with Gasteiger partial charge in [0.2, 0.25) is 5.89 Å². The largest absolute Gasteiger partial charge is 0.507 e. The van der Waals surface area contributed by atoms with E-state index in [1.54, 1.807) is 30.3 Å². The maximum Gasteiger partial charge on any atom is 0.416 e. The summed E-state index contributed by atoms with van der Waals surface area (Å²) in [6, 6.07) is 19.8. The summed E-state index contributed by atoms with van der Waals surface area (Å²) in [7, 11) is 0. The lowest BCUT2D eigenvalue weighted by atomic mass is 10.2. The number of halogens is 4. The third-order valence-electron chi connectivity index (χ3n) is 5.26. The number of nitrogens with zero attached hydrogens (tertiary/aromatic N) is 4. The van der Waals surface area contributed by atoms with Crippen LogP contribution in [-0.4, -0.2) is 16.3 Å². The lowest BCUT2D eigenvalue weighted by Gasteiger charge is -2.06. The Labute approximate surface area is 207 Å². The molecule has 4 aromatic carbocycles. The molecule has 0 aliphatic carbocycles. The van der Waals surface area contributed by atoms with E-state index in [-0.39, 0.29) is 17.3 Å². The maximum absolute atomic E-state index is 13.5. The summed E-state index contributed by atoms with van der Waals surface area (Å²) in [6.07, 6.45) is -3.07. The fourth-order valence-corrected chi connectivity index (χ4v) is 3.45. The highest BCUT2D eigenvalue weighted by Gasteiger charge is 2.30. The number of hydrogen-bond acceptors (Lipinski definition) is 6. The first kappa shape index (κ1) is 23.9. The molecule has 184 valence electrons. The Morgan fingerprint density at radius 1 is 0.811 bits per heavy atom. The predicted octanol–water partition coefficient (Wildman–Crippen LogP) is 8.52. The van der Waals surface area contributed by atoms with Crippen LogP contribution in [0.5, 0.6) is 5.75 Å². The summed E-state index contributed by atoms with van der Waals surface area (Å²) in [5.74, 6) is -0.203. The number of alkyl halides is 3. The molecular weight excluding hydrogens is 488 g/mol. The molecule has 0 bridgehead atoms. The molecule has 5 rings (SSSR count). The molecule has 5 aromatic rings. The third-order valence-corrected chi connectivity index (χ3v) is 5.26. The van der Waals surface area contributed by atoms with Gasteiger partial charge in [0.1, 0.15) is 17.1 Å². The van der Waals surface area contributed by atoms with Gasteiger partial charge in [-0.2, -0.15) is 23.4 Å². The van der Waals surface area contributed by atoms with Crippen molar-refractivity contribution in [1.82, 2.24) is 4.98 Å². The van der Waals surface area contributed by atoms with E-state index in [0.717, 1.165) is 12.1 Å². The number of fused-ring (bicyclic) bond motifs is 1. The number of hydrogen-bond donors (Lipinski definition) is 1. The fraction of sp³-hybridized carbons (Fsp3) is 0.0370. The van der Waals surface area contributed by atoms with Gasteiger partial charge in [0.15, 0.2) is 5.58 Å². The van der Waals surface area contributed by atoms with Crippen molar-refractivity contribution >= 4 is 34.4 Å². The van der Waals surface area contributed by atoms with E-state index in [1.807, 2.05) is 0 Å². The number of aromatic hydroxyl groups is 1. The Bertz CT molecular complexity index is 1660. The Morgan fingerprint density at radius 2 is 1.57 bits per heavy atom. The highest BCUT2D eigenvalue weighted by atomic mass is 19.4. The van der Waals surface area contributed by atoms with E-state index >= 15 is 0 Å². The topological polar surface area (TPSA) is 83.3 Å². The minimum absolute atomic E-state index is 0.0386. The van der Waals surface area contributed by atoms with E-state index < -0.39 is 17.6 Å². The number of oxazole rings is 1. The average Bonchev–Trinajstić information content (AvgIpc) is 3.31. The van der Waals surface area contributed by atoms with Crippen molar-refractivity contribution in [2.75, 3.05) is 0 Å². The predicted molar refractivity (Wildman–Crippen MR) is 130 cm³/mol. The molecule has 0 amide bonds. The fourth-order valence-electron chi connectivity index (χ4n) is 3.45. The van der Waals surface area contributed by atoms with E-state index in [1.165, 1.54) is 48.7 Å². The van der Waals surface area contributed by atoms with Gasteiger partial charge < -0.3 is 9.52 Å². The van der Waals surface area contributed by atoms with Crippen molar-refractivity contribution < 1.29 is 27.1 Å². The van der Waals surface area contributed by atoms with Crippen molar-refractivity contribution in [2.45, 2.75) is 6.18 Å². The number of rotatable bonds is 5. The molecule has 0 atom stereocenters. The molecule has 0 aliphatic heterocycles. The van der Waals surface area contributed by atoms with Crippen molar-refractivity contribution in [1.29, 1.82) is 0 Å². The first-order valence-corrected chi connectivity index (χ1v) is 10.9. The number of benzene rings is 4. The molecule has 10 heteroatoms. The number of aliphatic imine (C=N–C) groups is 1. The number of aromatic nitrogens is 1. The van der Waals surface area contributed by atoms with Gasteiger partial charge in [0.05, 0.1) is 22.6 Å². The van der Waals surface area contributed by atoms with Crippen LogP contribution >= 0.6 is 0 Å². The van der Waals surface area contributed by atoms with Crippen LogP contribution in [0.2, 0.25) is 0 Å². The van der Waals surface area contributed by atoms with Crippen LogP contribution in [0.25, 0.3) is 22.6 Å². The van der Waals surface area contributed by atoms with Gasteiger partial charge in [0, 0.05) is 17.3 Å². The van der Waals surface area contributed by atoms with E-state index in [2.05, 4.69) is 20.2 Å². The first-order chi connectivity index (χ1) is 17.7. The molecule has 1 N–H and O–H groups in total. The Kier molecular flexibility index (Phi) is 6.22. The van der Waals surface area contributed by atoms with Crippen LogP contribution in [0.4, 0.5) is 34.6 Å². The highest BCUT2D eigenvalue weighted by Crippen LogP contribution is 2.32. The van der Waals surface area contributed by atoms with E-state index in [9.17, 15) is 22.7 Å². The quantitative estimate of drug-likeness (QED) is 0.148. The zero-order valence-electron chi connectivity index (χ0n) is 18.8. The van der Waals surface area contributed by atoms with E-state index in [0.29, 0.717) is 33.6 Å². The normalized spacial score (nSPS) is 12.2.